The number of hydrogen-bond donors (Lipinski definition) is 0. The van der Waals surface area contributed by atoms with Crippen molar-refractivity contribution in [3.8, 4) is 0 Å². The first-order valence-corrected chi connectivity index (χ1v) is 6.83. The van der Waals surface area contributed by atoms with E-state index in [0.717, 1.165) is 21.5 Å². The van der Waals surface area contributed by atoms with E-state index in [2.05, 4.69) is 0 Å². The summed E-state index contributed by atoms with van der Waals surface area (Å²) in [5.74, 6) is 0. The third-order valence-electron chi connectivity index (χ3n) is 2.96. The maximum atomic E-state index is 11.0. The van der Waals surface area contributed by atoms with Crippen LogP contribution < -0.4 is 0 Å². The Bertz CT molecular complexity index is 851. The van der Waals surface area contributed by atoms with Gasteiger partial charge >= 0.3 is 10.1 Å². The third kappa shape index (κ3) is 1.85. The van der Waals surface area contributed by atoms with Gasteiger partial charge in [0.2, 0.25) is 0 Å². The molecule has 0 aliphatic rings. The molecular weight excluding hydrogens is 248 g/mol. The van der Waals surface area contributed by atoms with Crippen LogP contribution in [0.5, 0.6) is 0 Å². The minimum atomic E-state index is -4.40. The van der Waals surface area contributed by atoms with Crippen LogP contribution in [-0.2, 0) is 14.7 Å². The molecule has 0 atom stereocenters. The first kappa shape index (κ1) is 11.2. The summed E-state index contributed by atoms with van der Waals surface area (Å²) in [7, 11) is -4.40. The van der Waals surface area contributed by atoms with E-state index in [9.17, 15) is 13.0 Å². The number of benzene rings is 3. The van der Waals surface area contributed by atoms with Gasteiger partial charge in [-0.2, -0.15) is 8.42 Å². The lowest BCUT2D eigenvalue weighted by molar-refractivity contribution is 0.414. The molecule has 0 N–H and O–H groups in total. The van der Waals surface area contributed by atoms with Gasteiger partial charge in [0.1, 0.15) is 0 Å². The third-order valence-corrected chi connectivity index (χ3v) is 3.80. The van der Waals surface area contributed by atoms with Crippen LogP contribution in [0.3, 0.4) is 0 Å². The Balaban J connectivity index is 2.37. The second-order valence-electron chi connectivity index (χ2n) is 4.16. The Morgan fingerprint density at radius 2 is 1.22 bits per heavy atom. The maximum Gasteiger partial charge on any atom is 0.324 e. The Morgan fingerprint density at radius 3 is 1.83 bits per heavy atom. The van der Waals surface area contributed by atoms with Crippen LogP contribution in [0.25, 0.3) is 21.5 Å². The highest BCUT2D eigenvalue weighted by molar-refractivity contribution is 7.85. The largest absolute Gasteiger partial charge is 0.324 e. The summed E-state index contributed by atoms with van der Waals surface area (Å²) in [6.45, 7) is 0. The first-order valence-electron chi connectivity index (χ1n) is 5.42. The molecule has 3 rings (SSSR count). The molecule has 0 amide bonds. The Morgan fingerprint density at radius 1 is 0.667 bits per heavy atom. The first-order chi connectivity index (χ1) is 8.54. The molecule has 0 bridgehead atoms. The van der Waals surface area contributed by atoms with Crippen LogP contribution in [0, 0.1) is 0 Å². The van der Waals surface area contributed by atoms with Gasteiger partial charge in [-0.1, -0.05) is 34.9 Å². The standard InChI is InChI=1S/C14H9O3S/c15-18(16,17)14-6-5-12-7-10-3-1-2-4-11(10)8-13(12)9-14/h1-9H. The predicted molar refractivity (Wildman–Crippen MR) is 69.3 cm³/mol. The van der Waals surface area contributed by atoms with Gasteiger partial charge in [-0.05, 0) is 45.8 Å². The van der Waals surface area contributed by atoms with E-state index in [0.29, 0.717) is 0 Å². The molecule has 3 aromatic carbocycles. The molecule has 0 saturated heterocycles. The molecule has 89 valence electrons. The fraction of sp³-hybridized carbons (Fsp3) is 0. The summed E-state index contributed by atoms with van der Waals surface area (Å²) < 4.78 is 33.0. The summed E-state index contributed by atoms with van der Waals surface area (Å²) in [5.41, 5.74) is 0. The van der Waals surface area contributed by atoms with Crippen LogP contribution in [0.1, 0.15) is 0 Å². The van der Waals surface area contributed by atoms with Crippen molar-refractivity contribution in [2.45, 2.75) is 4.90 Å². The van der Waals surface area contributed by atoms with E-state index < -0.39 is 10.1 Å². The van der Waals surface area contributed by atoms with E-state index in [4.69, 9.17) is 0 Å². The van der Waals surface area contributed by atoms with Crippen molar-refractivity contribution in [2.24, 2.45) is 0 Å². The smallest absolute Gasteiger partial charge is 0.192 e. The quantitative estimate of drug-likeness (QED) is 0.629. The molecule has 3 aromatic rings. The van der Waals surface area contributed by atoms with Gasteiger partial charge in [0.25, 0.3) is 0 Å². The van der Waals surface area contributed by atoms with Crippen molar-refractivity contribution >= 4 is 31.7 Å². The molecule has 0 saturated carbocycles. The number of hydrogen-bond acceptors (Lipinski definition) is 2. The van der Waals surface area contributed by atoms with E-state index >= 15 is 0 Å². The molecule has 0 heterocycles. The average molecular weight is 257 g/mol. The SMILES string of the molecule is [O]S(=O)(=O)c1ccc2cc3ccccc3cc2c1. The van der Waals surface area contributed by atoms with Crippen LogP contribution in [-0.4, -0.2) is 8.42 Å². The highest BCUT2D eigenvalue weighted by atomic mass is 32.2. The van der Waals surface area contributed by atoms with Crippen molar-refractivity contribution in [1.82, 2.24) is 0 Å². The zero-order valence-electron chi connectivity index (χ0n) is 9.33. The predicted octanol–water partition coefficient (Wildman–Crippen LogP) is 3.11. The Kier molecular flexibility index (Phi) is 2.36. The second-order valence-corrected chi connectivity index (χ2v) is 5.54. The zero-order chi connectivity index (χ0) is 12.8. The highest BCUT2D eigenvalue weighted by Crippen LogP contribution is 2.25. The molecule has 0 spiro atoms. The number of rotatable bonds is 1. The van der Waals surface area contributed by atoms with Crippen molar-refractivity contribution in [3.05, 3.63) is 54.6 Å². The Labute approximate surface area is 104 Å². The monoisotopic (exact) mass is 257 g/mol. The molecule has 1 radical (unpaired) electrons. The topological polar surface area (TPSA) is 54.0 Å². The van der Waals surface area contributed by atoms with Crippen molar-refractivity contribution in [1.29, 1.82) is 0 Å². The van der Waals surface area contributed by atoms with Gasteiger partial charge in [-0.15, -0.1) is 0 Å². The van der Waals surface area contributed by atoms with Gasteiger partial charge in [-0.25, -0.2) is 0 Å². The molecule has 0 aliphatic carbocycles. The van der Waals surface area contributed by atoms with Crippen molar-refractivity contribution in [2.75, 3.05) is 0 Å². The molecule has 18 heavy (non-hydrogen) atoms. The molecular formula is C14H9O3S. The van der Waals surface area contributed by atoms with Crippen molar-refractivity contribution < 1.29 is 13.0 Å². The Hall–Kier alpha value is -1.91. The van der Waals surface area contributed by atoms with Gasteiger partial charge in [-0.3, -0.25) is 0 Å². The summed E-state index contributed by atoms with van der Waals surface area (Å²) in [5, 5.41) is 3.78. The van der Waals surface area contributed by atoms with Crippen LogP contribution in [0.2, 0.25) is 0 Å². The molecule has 0 unspecified atom stereocenters. The maximum absolute atomic E-state index is 11.0. The average Bonchev–Trinajstić information content (AvgIpc) is 2.34. The number of fused-ring (bicyclic) bond motifs is 2. The molecule has 0 fully saturated rings. The van der Waals surface area contributed by atoms with Crippen molar-refractivity contribution in [3.63, 3.8) is 0 Å². The normalized spacial score (nSPS) is 12.1. The van der Waals surface area contributed by atoms with Crippen LogP contribution in [0.15, 0.2) is 59.5 Å². The van der Waals surface area contributed by atoms with E-state index in [1.165, 1.54) is 12.1 Å². The highest BCUT2D eigenvalue weighted by Gasteiger charge is 2.11. The molecule has 4 heteroatoms. The van der Waals surface area contributed by atoms with E-state index in [-0.39, 0.29) is 4.90 Å². The summed E-state index contributed by atoms with van der Waals surface area (Å²) in [4.78, 5) is -0.190. The minimum Gasteiger partial charge on any atom is -0.192 e. The zero-order valence-corrected chi connectivity index (χ0v) is 10.1. The van der Waals surface area contributed by atoms with Gasteiger partial charge < -0.3 is 0 Å². The van der Waals surface area contributed by atoms with Crippen LogP contribution >= 0.6 is 0 Å². The van der Waals surface area contributed by atoms with Gasteiger partial charge in [0.05, 0.1) is 4.90 Å². The summed E-state index contributed by atoms with van der Waals surface area (Å²) in [6.07, 6.45) is 0. The van der Waals surface area contributed by atoms with Gasteiger partial charge in [0, 0.05) is 0 Å². The van der Waals surface area contributed by atoms with Gasteiger partial charge in [0.15, 0.2) is 0 Å². The van der Waals surface area contributed by atoms with E-state index in [1.54, 1.807) is 6.07 Å². The lowest BCUT2D eigenvalue weighted by Crippen LogP contribution is -1.95. The fourth-order valence-corrected chi connectivity index (χ4v) is 2.58. The summed E-state index contributed by atoms with van der Waals surface area (Å²) >= 11 is 0. The van der Waals surface area contributed by atoms with Crippen LogP contribution in [0.4, 0.5) is 0 Å². The second kappa shape index (κ2) is 3.80. The lowest BCUT2D eigenvalue weighted by atomic mass is 10.0. The lowest BCUT2D eigenvalue weighted by Gasteiger charge is -2.03. The molecule has 0 aromatic heterocycles. The summed E-state index contributed by atoms with van der Waals surface area (Å²) in [6, 6.07) is 16.1. The van der Waals surface area contributed by atoms with E-state index in [1.807, 2.05) is 36.4 Å². The molecule has 3 nitrogen and oxygen atoms in total. The fourth-order valence-electron chi connectivity index (χ4n) is 2.07. The molecule has 0 aliphatic heterocycles. The minimum absolute atomic E-state index is 0.190.